The van der Waals surface area contributed by atoms with E-state index in [-0.39, 0.29) is 16.9 Å². The summed E-state index contributed by atoms with van der Waals surface area (Å²) in [7, 11) is 0. The lowest BCUT2D eigenvalue weighted by Gasteiger charge is -2.22. The monoisotopic (exact) mass is 267 g/mol. The molecular weight excluding hydrogens is 250 g/mol. The van der Waals surface area contributed by atoms with Crippen molar-refractivity contribution in [2.24, 2.45) is 5.73 Å². The molecule has 1 aromatic rings. The fraction of sp³-hybridized carbons (Fsp3) is 0.417. The molecule has 0 heterocycles. The molecule has 0 aliphatic rings. The van der Waals surface area contributed by atoms with Crippen molar-refractivity contribution >= 4 is 17.3 Å². The zero-order valence-corrected chi connectivity index (χ0v) is 11.0. The van der Waals surface area contributed by atoms with Crippen molar-refractivity contribution in [3.05, 3.63) is 33.9 Å². The van der Waals surface area contributed by atoms with Gasteiger partial charge in [-0.15, -0.1) is 0 Å². The summed E-state index contributed by atoms with van der Waals surface area (Å²) in [5.41, 5.74) is 10.5. The summed E-state index contributed by atoms with van der Waals surface area (Å²) in [6, 6.07) is 2.91. The van der Waals surface area contributed by atoms with Crippen molar-refractivity contribution in [2.45, 2.75) is 32.4 Å². The number of carbonyl (C=O) groups excluding carboxylic acids is 1. The number of benzene rings is 1. The number of rotatable bonds is 3. The first-order valence-electron chi connectivity index (χ1n) is 5.64. The number of nitrogens with zero attached hydrogens (tertiary/aromatic N) is 1. The quantitative estimate of drug-likeness (QED) is 0.370. The lowest BCUT2D eigenvalue weighted by atomic mass is 10.1. The average Bonchev–Trinajstić information content (AvgIpc) is 2.26. The van der Waals surface area contributed by atoms with Crippen LogP contribution in [0.25, 0.3) is 0 Å². The number of nitro benzene ring substituents is 1. The second-order valence-corrected chi connectivity index (χ2v) is 5.09. The molecule has 0 spiro atoms. The zero-order chi connectivity index (χ0) is 14.8. The third-order valence-corrected chi connectivity index (χ3v) is 2.27. The van der Waals surface area contributed by atoms with Gasteiger partial charge in [0.2, 0.25) is 0 Å². The molecule has 1 rings (SSSR count). The summed E-state index contributed by atoms with van der Waals surface area (Å²) < 4.78 is 5.12. The van der Waals surface area contributed by atoms with E-state index < -0.39 is 22.5 Å². The maximum absolute atomic E-state index is 11.8. The van der Waals surface area contributed by atoms with Gasteiger partial charge in [0.05, 0.1) is 4.92 Å². The van der Waals surface area contributed by atoms with Gasteiger partial charge in [-0.3, -0.25) is 10.1 Å². The van der Waals surface area contributed by atoms with Gasteiger partial charge in [0.15, 0.2) is 0 Å². The van der Waals surface area contributed by atoms with Crippen LogP contribution in [0.4, 0.5) is 11.4 Å². The Morgan fingerprint density at radius 2 is 2.00 bits per heavy atom. The number of nitrogen functional groups attached to an aromatic ring is 1. The van der Waals surface area contributed by atoms with Gasteiger partial charge >= 0.3 is 5.97 Å². The van der Waals surface area contributed by atoms with E-state index in [1.165, 1.54) is 18.2 Å². The summed E-state index contributed by atoms with van der Waals surface area (Å²) in [4.78, 5) is 21.9. The first-order valence-corrected chi connectivity index (χ1v) is 5.64. The predicted molar refractivity (Wildman–Crippen MR) is 70.3 cm³/mol. The Morgan fingerprint density at radius 3 is 2.47 bits per heavy atom. The Labute approximate surface area is 110 Å². The maximum atomic E-state index is 11.8. The Morgan fingerprint density at radius 1 is 1.42 bits per heavy atom. The standard InChI is InChI=1S/C12H17N3O4/c1-12(2,3)19-11(16)10(14)7-4-5-8(13)9(6-7)15(17)18/h4-6,10H,13-14H2,1-3H3. The van der Waals surface area contributed by atoms with Crippen molar-refractivity contribution < 1.29 is 14.5 Å². The molecule has 1 atom stereocenters. The molecule has 0 fully saturated rings. The lowest BCUT2D eigenvalue weighted by molar-refractivity contribution is -0.384. The summed E-state index contributed by atoms with van der Waals surface area (Å²) in [6.07, 6.45) is 0. The van der Waals surface area contributed by atoms with E-state index in [9.17, 15) is 14.9 Å². The predicted octanol–water partition coefficient (Wildman–Crippen LogP) is 1.52. The minimum atomic E-state index is -1.08. The third-order valence-electron chi connectivity index (χ3n) is 2.27. The first kappa shape index (κ1) is 14.9. The van der Waals surface area contributed by atoms with Crippen molar-refractivity contribution in [3.8, 4) is 0 Å². The van der Waals surface area contributed by atoms with E-state index in [4.69, 9.17) is 16.2 Å². The summed E-state index contributed by atoms with van der Waals surface area (Å²) in [6.45, 7) is 5.13. The van der Waals surface area contributed by atoms with E-state index in [1.54, 1.807) is 20.8 Å². The van der Waals surface area contributed by atoms with Crippen LogP contribution >= 0.6 is 0 Å². The first-order chi connectivity index (χ1) is 8.61. The van der Waals surface area contributed by atoms with Gasteiger partial charge in [-0.05, 0) is 32.4 Å². The fourth-order valence-electron chi connectivity index (χ4n) is 1.41. The van der Waals surface area contributed by atoms with Crippen molar-refractivity contribution in [2.75, 3.05) is 5.73 Å². The Hall–Kier alpha value is -2.15. The topological polar surface area (TPSA) is 121 Å². The normalized spacial score (nSPS) is 12.8. The minimum absolute atomic E-state index is 0.0186. The molecule has 0 saturated carbocycles. The van der Waals surface area contributed by atoms with E-state index in [0.29, 0.717) is 0 Å². The number of nitrogens with two attached hydrogens (primary N) is 2. The number of hydrogen-bond acceptors (Lipinski definition) is 6. The van der Waals surface area contributed by atoms with Gasteiger partial charge < -0.3 is 16.2 Å². The molecule has 0 saturated heterocycles. The number of carbonyl (C=O) groups is 1. The fourth-order valence-corrected chi connectivity index (χ4v) is 1.41. The Kier molecular flexibility index (Phi) is 4.10. The van der Waals surface area contributed by atoms with Crippen LogP contribution in [0.5, 0.6) is 0 Å². The van der Waals surface area contributed by atoms with Gasteiger partial charge in [-0.2, -0.15) is 0 Å². The van der Waals surface area contributed by atoms with Crippen LogP contribution in [0.3, 0.4) is 0 Å². The van der Waals surface area contributed by atoms with Gasteiger partial charge in [-0.1, -0.05) is 6.07 Å². The van der Waals surface area contributed by atoms with Gasteiger partial charge in [0.1, 0.15) is 17.3 Å². The number of ether oxygens (including phenoxy) is 1. The lowest BCUT2D eigenvalue weighted by Crippen LogP contribution is -2.31. The molecule has 7 heteroatoms. The van der Waals surface area contributed by atoms with Crippen molar-refractivity contribution in [1.29, 1.82) is 0 Å². The highest BCUT2D eigenvalue weighted by molar-refractivity contribution is 5.78. The minimum Gasteiger partial charge on any atom is -0.459 e. The number of hydrogen-bond donors (Lipinski definition) is 2. The highest BCUT2D eigenvalue weighted by atomic mass is 16.6. The van der Waals surface area contributed by atoms with E-state index in [0.717, 1.165) is 0 Å². The van der Waals surface area contributed by atoms with Gasteiger partial charge in [0.25, 0.3) is 5.69 Å². The molecule has 104 valence electrons. The molecule has 0 aliphatic carbocycles. The van der Waals surface area contributed by atoms with Crippen LogP contribution in [0, 0.1) is 10.1 Å². The van der Waals surface area contributed by atoms with Crippen LogP contribution in [0.2, 0.25) is 0 Å². The van der Waals surface area contributed by atoms with Crippen LogP contribution in [0.15, 0.2) is 18.2 Å². The van der Waals surface area contributed by atoms with Crippen molar-refractivity contribution in [1.82, 2.24) is 0 Å². The summed E-state index contributed by atoms with van der Waals surface area (Å²) in [5, 5.41) is 10.8. The molecule has 4 N–H and O–H groups in total. The zero-order valence-electron chi connectivity index (χ0n) is 11.0. The van der Waals surface area contributed by atoms with Gasteiger partial charge in [-0.25, -0.2) is 4.79 Å². The molecule has 1 unspecified atom stereocenters. The highest BCUT2D eigenvalue weighted by Gasteiger charge is 2.25. The molecule has 0 radical (unpaired) electrons. The van der Waals surface area contributed by atoms with E-state index in [1.807, 2.05) is 0 Å². The summed E-state index contributed by atoms with van der Waals surface area (Å²) >= 11 is 0. The molecule has 0 bridgehead atoms. The second-order valence-electron chi connectivity index (χ2n) is 5.09. The Bertz CT molecular complexity index is 508. The van der Waals surface area contributed by atoms with Crippen molar-refractivity contribution in [3.63, 3.8) is 0 Å². The molecular formula is C12H17N3O4. The molecule has 0 aromatic heterocycles. The van der Waals surface area contributed by atoms with Crippen LogP contribution in [-0.2, 0) is 9.53 Å². The van der Waals surface area contributed by atoms with Crippen LogP contribution < -0.4 is 11.5 Å². The molecule has 1 aromatic carbocycles. The van der Waals surface area contributed by atoms with Gasteiger partial charge in [0, 0.05) is 6.07 Å². The SMILES string of the molecule is CC(C)(C)OC(=O)C(N)c1ccc(N)c([N+](=O)[O-])c1. The largest absolute Gasteiger partial charge is 0.459 e. The molecule has 7 nitrogen and oxygen atoms in total. The average molecular weight is 267 g/mol. The van der Waals surface area contributed by atoms with E-state index in [2.05, 4.69) is 0 Å². The smallest absolute Gasteiger partial charge is 0.328 e. The second kappa shape index (κ2) is 5.23. The Balaban J connectivity index is 3.00. The molecule has 0 aliphatic heterocycles. The van der Waals surface area contributed by atoms with Crippen LogP contribution in [-0.4, -0.2) is 16.5 Å². The maximum Gasteiger partial charge on any atom is 0.328 e. The number of anilines is 1. The molecule has 19 heavy (non-hydrogen) atoms. The number of esters is 1. The number of nitro groups is 1. The third kappa shape index (κ3) is 3.92. The molecule has 0 amide bonds. The summed E-state index contributed by atoms with van der Waals surface area (Å²) in [5.74, 6) is -0.647. The van der Waals surface area contributed by atoms with Crippen LogP contribution in [0.1, 0.15) is 32.4 Å². The highest BCUT2D eigenvalue weighted by Crippen LogP contribution is 2.26. The van der Waals surface area contributed by atoms with E-state index >= 15 is 0 Å².